The topological polar surface area (TPSA) is 51.6 Å². The van der Waals surface area contributed by atoms with Gasteiger partial charge in [-0.3, -0.25) is 9.97 Å². The van der Waals surface area contributed by atoms with Crippen molar-refractivity contribution in [1.29, 1.82) is 0 Å². The smallest absolute Gasteiger partial charge is 0.179 e. The lowest BCUT2D eigenvalue weighted by Crippen LogP contribution is -2.28. The van der Waals surface area contributed by atoms with Crippen LogP contribution in [0.5, 0.6) is 0 Å². The summed E-state index contributed by atoms with van der Waals surface area (Å²) in [6, 6.07) is 59.9. The minimum Gasteiger partial charge on any atom is -0.255 e. The second-order valence-corrected chi connectivity index (χ2v) is 12.3. The molecule has 1 aliphatic rings. The molecule has 1 aliphatic carbocycles. The molecule has 230 valence electrons. The van der Waals surface area contributed by atoms with Crippen LogP contribution in [0.1, 0.15) is 22.3 Å². The average Bonchev–Trinajstić information content (AvgIpc) is 3.50. The van der Waals surface area contributed by atoms with E-state index in [4.69, 9.17) is 9.97 Å². The van der Waals surface area contributed by atoms with Crippen LogP contribution in [0.15, 0.2) is 182 Å². The molecule has 0 saturated heterocycles. The van der Waals surface area contributed by atoms with Gasteiger partial charge in [-0.15, -0.1) is 0 Å². The minimum atomic E-state index is -0.402. The first-order valence-electron chi connectivity index (χ1n) is 16.5. The molecule has 3 heterocycles. The lowest BCUT2D eigenvalue weighted by atomic mass is 9.67. The fourth-order valence-corrected chi connectivity index (χ4v) is 7.31. The van der Waals surface area contributed by atoms with Crippen LogP contribution in [0.25, 0.3) is 56.4 Å². The molecule has 8 aromatic rings. The highest BCUT2D eigenvalue weighted by atomic mass is 14.9. The van der Waals surface area contributed by atoms with E-state index in [0.29, 0.717) is 5.82 Å². The molecule has 0 bridgehead atoms. The van der Waals surface area contributed by atoms with Crippen LogP contribution >= 0.6 is 0 Å². The number of hydrogen-bond acceptors (Lipinski definition) is 4. The highest BCUT2D eigenvalue weighted by Gasteiger charge is 2.45. The Morgan fingerprint density at radius 3 is 1.45 bits per heavy atom. The van der Waals surface area contributed by atoms with Crippen LogP contribution in [0.2, 0.25) is 0 Å². The van der Waals surface area contributed by atoms with E-state index in [9.17, 15) is 0 Å². The highest BCUT2D eigenvalue weighted by molar-refractivity contribution is 5.86. The number of hydrogen-bond donors (Lipinski definition) is 0. The maximum absolute atomic E-state index is 4.93. The molecule has 4 heteroatoms. The highest BCUT2D eigenvalue weighted by Crippen LogP contribution is 2.56. The Balaban J connectivity index is 1.10. The Bertz CT molecular complexity index is 2300. The van der Waals surface area contributed by atoms with Gasteiger partial charge >= 0.3 is 0 Å². The first-order chi connectivity index (χ1) is 24.3. The second kappa shape index (κ2) is 11.9. The number of nitrogens with zero attached hydrogens (tertiary/aromatic N) is 4. The molecule has 0 N–H and O–H groups in total. The van der Waals surface area contributed by atoms with Gasteiger partial charge in [0, 0.05) is 18.0 Å². The molecular formula is C45H30N4. The van der Waals surface area contributed by atoms with Gasteiger partial charge in [-0.05, 0) is 74.8 Å². The summed E-state index contributed by atoms with van der Waals surface area (Å²) in [7, 11) is 0. The second-order valence-electron chi connectivity index (χ2n) is 12.3. The Labute approximate surface area is 285 Å². The first kappa shape index (κ1) is 28.7. The predicted molar refractivity (Wildman–Crippen MR) is 197 cm³/mol. The summed E-state index contributed by atoms with van der Waals surface area (Å²) in [6.45, 7) is 0. The lowest BCUT2D eigenvalue weighted by Gasteiger charge is -2.34. The fourth-order valence-electron chi connectivity index (χ4n) is 7.31. The van der Waals surface area contributed by atoms with E-state index < -0.39 is 5.41 Å². The number of aromatic nitrogens is 4. The molecule has 0 fully saturated rings. The van der Waals surface area contributed by atoms with Crippen molar-refractivity contribution in [3.05, 3.63) is 205 Å². The molecule has 4 nitrogen and oxygen atoms in total. The van der Waals surface area contributed by atoms with Crippen molar-refractivity contribution in [2.24, 2.45) is 0 Å². The van der Waals surface area contributed by atoms with Crippen molar-refractivity contribution >= 4 is 0 Å². The third kappa shape index (κ3) is 4.85. The SMILES string of the molecule is c1ccc(C2(c3ccc(-c4ccc(-c5cc(-c6ccccn6)nc(-c6ccccn6)n5)cc4)cc3)c3ccccc3-c3ccccc32)cc1. The van der Waals surface area contributed by atoms with Gasteiger partial charge in [-0.25, -0.2) is 9.97 Å². The van der Waals surface area contributed by atoms with Crippen molar-refractivity contribution in [3.63, 3.8) is 0 Å². The van der Waals surface area contributed by atoms with Crippen molar-refractivity contribution in [2.45, 2.75) is 5.41 Å². The van der Waals surface area contributed by atoms with Gasteiger partial charge < -0.3 is 0 Å². The molecule has 9 rings (SSSR count). The summed E-state index contributed by atoms with van der Waals surface area (Å²) in [5, 5.41) is 0. The molecule has 0 atom stereocenters. The average molecular weight is 627 g/mol. The summed E-state index contributed by atoms with van der Waals surface area (Å²) in [5.74, 6) is 0.570. The summed E-state index contributed by atoms with van der Waals surface area (Å²) in [4.78, 5) is 18.8. The van der Waals surface area contributed by atoms with Crippen LogP contribution in [0.4, 0.5) is 0 Å². The maximum atomic E-state index is 4.93. The first-order valence-corrected chi connectivity index (χ1v) is 16.5. The molecule has 0 spiro atoms. The molecule has 3 aromatic heterocycles. The Morgan fingerprint density at radius 1 is 0.347 bits per heavy atom. The Morgan fingerprint density at radius 2 is 0.837 bits per heavy atom. The number of benzene rings is 5. The third-order valence-corrected chi connectivity index (χ3v) is 9.54. The van der Waals surface area contributed by atoms with Gasteiger partial charge in [-0.2, -0.15) is 0 Å². The quantitative estimate of drug-likeness (QED) is 0.184. The van der Waals surface area contributed by atoms with Crippen LogP contribution in [0, 0.1) is 0 Å². The minimum absolute atomic E-state index is 0.402. The van der Waals surface area contributed by atoms with Crippen LogP contribution in [-0.4, -0.2) is 19.9 Å². The molecular weight excluding hydrogens is 597 g/mol. The largest absolute Gasteiger partial charge is 0.255 e. The Hall–Kier alpha value is -6.52. The summed E-state index contributed by atoms with van der Waals surface area (Å²) >= 11 is 0. The van der Waals surface area contributed by atoms with Crippen molar-refractivity contribution in [1.82, 2.24) is 19.9 Å². The number of rotatable bonds is 6. The van der Waals surface area contributed by atoms with Gasteiger partial charge in [0.2, 0.25) is 0 Å². The van der Waals surface area contributed by atoms with Crippen LogP contribution in [0.3, 0.4) is 0 Å². The van der Waals surface area contributed by atoms with Gasteiger partial charge in [0.05, 0.1) is 22.5 Å². The fraction of sp³-hybridized carbons (Fsp3) is 0.0222. The maximum Gasteiger partial charge on any atom is 0.179 e. The zero-order chi connectivity index (χ0) is 32.6. The monoisotopic (exact) mass is 626 g/mol. The van der Waals surface area contributed by atoms with Crippen LogP contribution in [-0.2, 0) is 5.41 Å². The lowest BCUT2D eigenvalue weighted by molar-refractivity contribution is 0.768. The summed E-state index contributed by atoms with van der Waals surface area (Å²) in [6.07, 6.45) is 3.54. The molecule has 0 amide bonds. The molecule has 0 radical (unpaired) electrons. The molecule has 5 aromatic carbocycles. The predicted octanol–water partition coefficient (Wildman–Crippen LogP) is 10.3. The van der Waals surface area contributed by atoms with Crippen LogP contribution < -0.4 is 0 Å². The van der Waals surface area contributed by atoms with Gasteiger partial charge in [-0.1, -0.05) is 140 Å². The van der Waals surface area contributed by atoms with E-state index in [0.717, 1.165) is 39.5 Å². The van der Waals surface area contributed by atoms with E-state index in [-0.39, 0.29) is 0 Å². The third-order valence-electron chi connectivity index (χ3n) is 9.54. The van der Waals surface area contributed by atoms with Crippen molar-refractivity contribution < 1.29 is 0 Å². The van der Waals surface area contributed by atoms with E-state index in [1.165, 1.54) is 33.4 Å². The van der Waals surface area contributed by atoms with E-state index >= 15 is 0 Å². The van der Waals surface area contributed by atoms with Gasteiger partial charge in [0.25, 0.3) is 0 Å². The van der Waals surface area contributed by atoms with E-state index in [1.54, 1.807) is 12.4 Å². The number of fused-ring (bicyclic) bond motifs is 3. The summed E-state index contributed by atoms with van der Waals surface area (Å²) in [5.41, 5.74) is 13.7. The standard InChI is InChI=1S/C45H30N4/c1-2-12-34(13-3-1)45(38-16-6-4-14-36(38)37-15-5-7-17-39(37)45)35-26-24-32(25-27-35)31-20-22-33(23-21-31)42-30-43(40-18-8-10-28-46-40)49-44(48-42)41-19-9-11-29-47-41/h1-30H. The summed E-state index contributed by atoms with van der Waals surface area (Å²) < 4.78 is 0. The normalized spacial score (nSPS) is 12.7. The molecule has 49 heavy (non-hydrogen) atoms. The zero-order valence-electron chi connectivity index (χ0n) is 26.6. The van der Waals surface area contributed by atoms with Crippen molar-refractivity contribution in [2.75, 3.05) is 0 Å². The van der Waals surface area contributed by atoms with E-state index in [1.807, 2.05) is 42.5 Å². The van der Waals surface area contributed by atoms with E-state index in [2.05, 4.69) is 137 Å². The Kier molecular flexibility index (Phi) is 6.98. The van der Waals surface area contributed by atoms with Gasteiger partial charge in [0.15, 0.2) is 5.82 Å². The van der Waals surface area contributed by atoms with Gasteiger partial charge in [0.1, 0.15) is 5.69 Å². The number of pyridine rings is 2. The molecule has 0 aliphatic heterocycles. The van der Waals surface area contributed by atoms with Crippen molar-refractivity contribution in [3.8, 4) is 56.4 Å². The zero-order valence-corrected chi connectivity index (χ0v) is 26.6. The molecule has 0 saturated carbocycles. The molecule has 0 unspecified atom stereocenters.